The number of carbonyl (C=O) groups excluding carboxylic acids is 1. The summed E-state index contributed by atoms with van der Waals surface area (Å²) >= 11 is 11.7. The first-order valence-electron chi connectivity index (χ1n) is 5.46. The highest BCUT2D eigenvalue weighted by atomic mass is 35.5. The Morgan fingerprint density at radius 2 is 2.05 bits per heavy atom. The van der Waals surface area contributed by atoms with E-state index >= 15 is 0 Å². The lowest BCUT2D eigenvalue weighted by Gasteiger charge is -2.05. The molecule has 0 unspecified atom stereocenters. The molecule has 0 amide bonds. The Morgan fingerprint density at radius 3 is 2.74 bits per heavy atom. The van der Waals surface area contributed by atoms with Crippen molar-refractivity contribution in [1.82, 2.24) is 0 Å². The number of rotatable bonds is 4. The van der Waals surface area contributed by atoms with Gasteiger partial charge in [0.1, 0.15) is 5.76 Å². The lowest BCUT2D eigenvalue weighted by atomic mass is 10.3. The molecule has 0 fully saturated rings. The molecule has 6 heteroatoms. The Labute approximate surface area is 120 Å². The van der Waals surface area contributed by atoms with Gasteiger partial charge < -0.3 is 14.5 Å². The first-order chi connectivity index (χ1) is 9.10. The topological polar surface area (TPSA) is 51.5 Å². The van der Waals surface area contributed by atoms with E-state index in [9.17, 15) is 4.79 Å². The molecule has 2 aromatic rings. The summed E-state index contributed by atoms with van der Waals surface area (Å²) in [6, 6.07) is 8.50. The maximum Gasteiger partial charge on any atom is 0.373 e. The maximum absolute atomic E-state index is 11.2. The average molecular weight is 300 g/mol. The third-order valence-electron chi connectivity index (χ3n) is 2.43. The van der Waals surface area contributed by atoms with Crippen LogP contribution in [-0.2, 0) is 11.3 Å². The molecule has 1 aromatic carbocycles. The molecule has 1 N–H and O–H groups in total. The number of benzene rings is 1. The summed E-state index contributed by atoms with van der Waals surface area (Å²) in [6.45, 7) is 0.426. The van der Waals surface area contributed by atoms with Crippen molar-refractivity contribution in [1.29, 1.82) is 0 Å². The Balaban J connectivity index is 2.00. The van der Waals surface area contributed by atoms with Gasteiger partial charge in [-0.1, -0.05) is 23.2 Å². The van der Waals surface area contributed by atoms with E-state index in [-0.39, 0.29) is 5.76 Å². The standard InChI is InChI=1S/C13H11Cl2NO3/c1-18-13(17)12-5-3-9(19-12)7-16-8-2-4-10(14)11(15)6-8/h2-6,16H,7H2,1H3. The van der Waals surface area contributed by atoms with E-state index in [0.717, 1.165) is 5.69 Å². The lowest BCUT2D eigenvalue weighted by molar-refractivity contribution is 0.0563. The number of anilines is 1. The van der Waals surface area contributed by atoms with Crippen molar-refractivity contribution in [2.24, 2.45) is 0 Å². The van der Waals surface area contributed by atoms with Gasteiger partial charge >= 0.3 is 5.97 Å². The SMILES string of the molecule is COC(=O)c1ccc(CNc2ccc(Cl)c(Cl)c2)o1. The molecule has 0 aliphatic rings. The van der Waals surface area contributed by atoms with E-state index in [2.05, 4.69) is 10.1 Å². The summed E-state index contributed by atoms with van der Waals surface area (Å²) in [7, 11) is 1.30. The van der Waals surface area contributed by atoms with Crippen LogP contribution in [0.3, 0.4) is 0 Å². The number of nitrogens with one attached hydrogen (secondary N) is 1. The van der Waals surface area contributed by atoms with Gasteiger partial charge in [0.05, 0.1) is 23.7 Å². The van der Waals surface area contributed by atoms with Crippen LogP contribution in [0.4, 0.5) is 5.69 Å². The number of halogens is 2. The van der Waals surface area contributed by atoms with Gasteiger partial charge in [0, 0.05) is 5.69 Å². The quantitative estimate of drug-likeness (QED) is 0.868. The van der Waals surface area contributed by atoms with Crippen LogP contribution in [0.1, 0.15) is 16.3 Å². The molecule has 19 heavy (non-hydrogen) atoms. The summed E-state index contributed by atoms with van der Waals surface area (Å²) < 4.78 is 9.87. The normalized spacial score (nSPS) is 10.3. The average Bonchev–Trinajstić information content (AvgIpc) is 2.88. The van der Waals surface area contributed by atoms with Crippen LogP contribution in [0.2, 0.25) is 10.0 Å². The number of ether oxygens (including phenoxy) is 1. The van der Waals surface area contributed by atoms with Crippen LogP contribution in [-0.4, -0.2) is 13.1 Å². The largest absolute Gasteiger partial charge is 0.463 e. The van der Waals surface area contributed by atoms with Gasteiger partial charge in [-0.25, -0.2) is 4.79 Å². The fourth-order valence-corrected chi connectivity index (χ4v) is 1.78. The van der Waals surface area contributed by atoms with Gasteiger partial charge in [-0.05, 0) is 30.3 Å². The minimum atomic E-state index is -0.499. The van der Waals surface area contributed by atoms with Crippen molar-refractivity contribution in [3.05, 3.63) is 51.9 Å². The van der Waals surface area contributed by atoms with Crippen LogP contribution in [0.15, 0.2) is 34.7 Å². The number of hydrogen-bond acceptors (Lipinski definition) is 4. The zero-order valence-electron chi connectivity index (χ0n) is 10.1. The molecule has 100 valence electrons. The molecule has 1 aromatic heterocycles. The van der Waals surface area contributed by atoms with Crippen LogP contribution in [0.25, 0.3) is 0 Å². The van der Waals surface area contributed by atoms with Crippen LogP contribution in [0, 0.1) is 0 Å². The van der Waals surface area contributed by atoms with E-state index in [4.69, 9.17) is 27.6 Å². The number of hydrogen-bond donors (Lipinski definition) is 1. The summed E-state index contributed by atoms with van der Waals surface area (Å²) in [6.07, 6.45) is 0. The summed E-state index contributed by atoms with van der Waals surface area (Å²) in [4.78, 5) is 11.2. The van der Waals surface area contributed by atoms with E-state index in [1.54, 1.807) is 30.3 Å². The fraction of sp³-hybridized carbons (Fsp3) is 0.154. The minimum Gasteiger partial charge on any atom is -0.463 e. The smallest absolute Gasteiger partial charge is 0.373 e. The molecule has 4 nitrogen and oxygen atoms in total. The van der Waals surface area contributed by atoms with E-state index in [0.29, 0.717) is 22.4 Å². The second-order valence-electron chi connectivity index (χ2n) is 3.74. The second kappa shape index (κ2) is 5.99. The predicted octanol–water partition coefficient (Wildman–Crippen LogP) is 3.99. The summed E-state index contributed by atoms with van der Waals surface area (Å²) in [5.74, 6) is 0.292. The van der Waals surface area contributed by atoms with Gasteiger partial charge in [0.25, 0.3) is 0 Å². The van der Waals surface area contributed by atoms with E-state index < -0.39 is 5.97 Å². The Kier molecular flexibility index (Phi) is 4.35. The van der Waals surface area contributed by atoms with Gasteiger partial charge in [-0.3, -0.25) is 0 Å². The number of furan rings is 1. The van der Waals surface area contributed by atoms with E-state index in [1.165, 1.54) is 7.11 Å². The Morgan fingerprint density at radius 1 is 1.26 bits per heavy atom. The highest BCUT2D eigenvalue weighted by Gasteiger charge is 2.10. The molecular formula is C13H11Cl2NO3. The van der Waals surface area contributed by atoms with Gasteiger partial charge in [-0.15, -0.1) is 0 Å². The first kappa shape index (κ1) is 13.8. The molecule has 2 rings (SSSR count). The van der Waals surface area contributed by atoms with Crippen LogP contribution in [0.5, 0.6) is 0 Å². The Bertz CT molecular complexity index is 595. The summed E-state index contributed by atoms with van der Waals surface area (Å²) in [5, 5.41) is 4.08. The third kappa shape index (κ3) is 3.43. The van der Waals surface area contributed by atoms with Crippen molar-refractivity contribution in [3.63, 3.8) is 0 Å². The van der Waals surface area contributed by atoms with Gasteiger partial charge in [-0.2, -0.15) is 0 Å². The zero-order chi connectivity index (χ0) is 13.8. The fourth-order valence-electron chi connectivity index (χ4n) is 1.48. The molecule has 0 saturated carbocycles. The number of carbonyl (C=O) groups is 1. The lowest BCUT2D eigenvalue weighted by Crippen LogP contribution is -2.00. The molecule has 0 atom stereocenters. The number of esters is 1. The first-order valence-corrected chi connectivity index (χ1v) is 6.21. The van der Waals surface area contributed by atoms with Crippen molar-refractivity contribution in [2.75, 3.05) is 12.4 Å². The monoisotopic (exact) mass is 299 g/mol. The Hall–Kier alpha value is -1.65. The van der Waals surface area contributed by atoms with Crippen LogP contribution >= 0.6 is 23.2 Å². The van der Waals surface area contributed by atoms with Gasteiger partial charge in [0.15, 0.2) is 0 Å². The zero-order valence-corrected chi connectivity index (χ0v) is 11.6. The molecule has 0 aliphatic heterocycles. The molecule has 0 aliphatic carbocycles. The van der Waals surface area contributed by atoms with Gasteiger partial charge in [0.2, 0.25) is 5.76 Å². The summed E-state index contributed by atoms with van der Waals surface area (Å²) in [5.41, 5.74) is 0.811. The predicted molar refractivity (Wildman–Crippen MR) is 73.8 cm³/mol. The molecule has 0 saturated heterocycles. The third-order valence-corrected chi connectivity index (χ3v) is 3.17. The second-order valence-corrected chi connectivity index (χ2v) is 4.55. The van der Waals surface area contributed by atoms with Crippen molar-refractivity contribution in [3.8, 4) is 0 Å². The van der Waals surface area contributed by atoms with Crippen molar-refractivity contribution >= 4 is 34.9 Å². The highest BCUT2D eigenvalue weighted by Crippen LogP contribution is 2.25. The number of methoxy groups -OCH3 is 1. The molecule has 0 radical (unpaired) electrons. The van der Waals surface area contributed by atoms with Crippen LogP contribution < -0.4 is 5.32 Å². The molecular weight excluding hydrogens is 289 g/mol. The molecule has 1 heterocycles. The molecule has 0 bridgehead atoms. The highest BCUT2D eigenvalue weighted by molar-refractivity contribution is 6.42. The van der Waals surface area contributed by atoms with Crippen molar-refractivity contribution < 1.29 is 13.9 Å². The maximum atomic E-state index is 11.2. The molecule has 0 spiro atoms. The van der Waals surface area contributed by atoms with E-state index in [1.807, 2.05) is 0 Å². The minimum absolute atomic E-state index is 0.174. The van der Waals surface area contributed by atoms with Crippen molar-refractivity contribution in [2.45, 2.75) is 6.54 Å².